The largest absolute Gasteiger partial charge is 0.322 e. The van der Waals surface area contributed by atoms with E-state index in [1.807, 2.05) is 38.3 Å². The lowest BCUT2D eigenvalue weighted by atomic mass is 9.93. The van der Waals surface area contributed by atoms with Crippen LogP contribution in [0.1, 0.15) is 33.4 Å². The Morgan fingerprint density at radius 1 is 1.26 bits per heavy atom. The summed E-state index contributed by atoms with van der Waals surface area (Å²) < 4.78 is 1.80. The molecule has 0 saturated heterocycles. The van der Waals surface area contributed by atoms with Crippen molar-refractivity contribution in [1.82, 2.24) is 14.7 Å². The minimum absolute atomic E-state index is 0.00816. The minimum Gasteiger partial charge on any atom is -0.322 e. The van der Waals surface area contributed by atoms with Crippen LogP contribution in [0.4, 0.5) is 5.69 Å². The van der Waals surface area contributed by atoms with E-state index in [0.717, 1.165) is 30.0 Å². The van der Waals surface area contributed by atoms with Crippen LogP contribution < -0.4 is 5.32 Å². The van der Waals surface area contributed by atoms with Crippen LogP contribution in [0.2, 0.25) is 0 Å². The Balaban J connectivity index is 1.58. The van der Waals surface area contributed by atoms with Crippen molar-refractivity contribution in [2.45, 2.75) is 26.3 Å². The number of carbonyl (C=O) groups excluding carboxylic acids is 1. The smallest absolute Gasteiger partial charge is 0.238 e. The molecule has 3 heterocycles. The van der Waals surface area contributed by atoms with E-state index in [4.69, 9.17) is 0 Å². The van der Waals surface area contributed by atoms with Crippen molar-refractivity contribution >= 4 is 22.9 Å². The molecule has 27 heavy (non-hydrogen) atoms. The van der Waals surface area contributed by atoms with Gasteiger partial charge in [0.1, 0.15) is 0 Å². The second kappa shape index (κ2) is 7.29. The van der Waals surface area contributed by atoms with Crippen LogP contribution in [-0.2, 0) is 18.3 Å². The normalized spacial score (nSPS) is 16.9. The predicted molar refractivity (Wildman–Crippen MR) is 109 cm³/mol. The molecule has 0 unspecified atom stereocenters. The van der Waals surface area contributed by atoms with Crippen LogP contribution in [0.3, 0.4) is 0 Å². The van der Waals surface area contributed by atoms with Crippen LogP contribution in [0.15, 0.2) is 41.8 Å². The zero-order chi connectivity index (χ0) is 19.0. The SMILES string of the molecule is Cc1nn(C)c(C)c1NC(=O)CN1CCc2sccc2[C@@H]1c1ccccc1. The van der Waals surface area contributed by atoms with Gasteiger partial charge in [-0.3, -0.25) is 14.4 Å². The molecule has 2 aromatic heterocycles. The van der Waals surface area contributed by atoms with Crippen LogP contribution in [-0.4, -0.2) is 33.7 Å². The fourth-order valence-corrected chi connectivity index (χ4v) is 4.79. The van der Waals surface area contributed by atoms with E-state index in [1.54, 1.807) is 4.68 Å². The average molecular weight is 381 g/mol. The highest BCUT2D eigenvalue weighted by Crippen LogP contribution is 2.37. The zero-order valence-electron chi connectivity index (χ0n) is 15.9. The number of hydrogen-bond donors (Lipinski definition) is 1. The van der Waals surface area contributed by atoms with Crippen molar-refractivity contribution in [2.24, 2.45) is 7.05 Å². The summed E-state index contributed by atoms with van der Waals surface area (Å²) in [6.45, 7) is 5.14. The van der Waals surface area contributed by atoms with Crippen LogP contribution >= 0.6 is 11.3 Å². The molecule has 0 radical (unpaired) electrons. The number of hydrogen-bond acceptors (Lipinski definition) is 4. The summed E-state index contributed by atoms with van der Waals surface area (Å²) in [6, 6.07) is 12.8. The fraction of sp³-hybridized carbons (Fsp3) is 0.333. The van der Waals surface area contributed by atoms with Gasteiger partial charge in [-0.05, 0) is 42.8 Å². The maximum atomic E-state index is 12.8. The van der Waals surface area contributed by atoms with E-state index in [2.05, 4.69) is 51.0 Å². The van der Waals surface area contributed by atoms with Gasteiger partial charge in [0.05, 0.1) is 29.7 Å². The van der Waals surface area contributed by atoms with E-state index < -0.39 is 0 Å². The predicted octanol–water partition coefficient (Wildman–Crippen LogP) is 3.68. The Hall–Kier alpha value is -2.44. The van der Waals surface area contributed by atoms with Gasteiger partial charge in [-0.25, -0.2) is 0 Å². The molecule has 1 aromatic carbocycles. The van der Waals surface area contributed by atoms with Crippen LogP contribution in [0.5, 0.6) is 0 Å². The number of carbonyl (C=O) groups is 1. The number of rotatable bonds is 4. The molecule has 0 bridgehead atoms. The molecule has 1 aliphatic rings. The molecule has 140 valence electrons. The Labute approximate surface area is 163 Å². The Morgan fingerprint density at radius 2 is 2.04 bits per heavy atom. The summed E-state index contributed by atoms with van der Waals surface area (Å²) in [4.78, 5) is 16.5. The molecule has 1 atom stereocenters. The third-order valence-electron chi connectivity index (χ3n) is 5.30. The highest BCUT2D eigenvalue weighted by atomic mass is 32.1. The second-order valence-corrected chi connectivity index (χ2v) is 8.05. The first-order valence-corrected chi connectivity index (χ1v) is 10.1. The molecule has 1 aliphatic heterocycles. The topological polar surface area (TPSA) is 50.2 Å². The maximum Gasteiger partial charge on any atom is 0.238 e. The number of thiophene rings is 1. The monoisotopic (exact) mass is 380 g/mol. The lowest BCUT2D eigenvalue weighted by molar-refractivity contribution is -0.117. The molecule has 0 spiro atoms. The summed E-state index contributed by atoms with van der Waals surface area (Å²) >= 11 is 1.82. The van der Waals surface area contributed by atoms with Crippen molar-refractivity contribution in [3.63, 3.8) is 0 Å². The first-order chi connectivity index (χ1) is 13.0. The molecule has 0 saturated carbocycles. The summed E-state index contributed by atoms with van der Waals surface area (Å²) in [7, 11) is 1.89. The molecule has 6 heteroatoms. The van der Waals surface area contributed by atoms with Gasteiger partial charge in [-0.1, -0.05) is 30.3 Å². The van der Waals surface area contributed by atoms with E-state index in [9.17, 15) is 4.79 Å². The maximum absolute atomic E-state index is 12.8. The fourth-order valence-electron chi connectivity index (χ4n) is 3.88. The van der Waals surface area contributed by atoms with Gasteiger partial charge in [-0.2, -0.15) is 5.10 Å². The van der Waals surface area contributed by atoms with Crippen LogP contribution in [0, 0.1) is 13.8 Å². The first-order valence-electron chi connectivity index (χ1n) is 9.20. The molecule has 5 nitrogen and oxygen atoms in total. The number of amides is 1. The first kappa shape index (κ1) is 17.9. The lowest BCUT2D eigenvalue weighted by Gasteiger charge is -2.35. The van der Waals surface area contributed by atoms with Crippen molar-refractivity contribution in [2.75, 3.05) is 18.4 Å². The van der Waals surface area contributed by atoms with Gasteiger partial charge in [0.15, 0.2) is 0 Å². The second-order valence-electron chi connectivity index (χ2n) is 7.05. The van der Waals surface area contributed by atoms with E-state index in [0.29, 0.717) is 6.54 Å². The van der Waals surface area contributed by atoms with Gasteiger partial charge in [0.25, 0.3) is 0 Å². The van der Waals surface area contributed by atoms with Crippen molar-refractivity contribution in [3.8, 4) is 0 Å². The summed E-state index contributed by atoms with van der Waals surface area (Å²) in [5.74, 6) is 0.00816. The van der Waals surface area contributed by atoms with Crippen molar-refractivity contribution < 1.29 is 4.79 Å². The van der Waals surface area contributed by atoms with Gasteiger partial charge in [-0.15, -0.1) is 11.3 Å². The summed E-state index contributed by atoms with van der Waals surface area (Å²) in [6.07, 6.45) is 0.995. The Kier molecular flexibility index (Phi) is 4.85. The molecular formula is C21H24N4OS. The third-order valence-corrected chi connectivity index (χ3v) is 6.30. The molecule has 4 rings (SSSR count). The highest BCUT2D eigenvalue weighted by molar-refractivity contribution is 7.10. The third kappa shape index (κ3) is 3.42. The highest BCUT2D eigenvalue weighted by Gasteiger charge is 2.31. The molecule has 3 aromatic rings. The molecule has 0 aliphatic carbocycles. The van der Waals surface area contributed by atoms with E-state index >= 15 is 0 Å². The average Bonchev–Trinajstić information content (AvgIpc) is 3.22. The van der Waals surface area contributed by atoms with E-state index in [-0.39, 0.29) is 11.9 Å². The summed E-state index contributed by atoms with van der Waals surface area (Å²) in [5.41, 5.74) is 5.21. The summed E-state index contributed by atoms with van der Waals surface area (Å²) in [5, 5.41) is 9.62. The van der Waals surface area contributed by atoms with Gasteiger partial charge in [0.2, 0.25) is 5.91 Å². The van der Waals surface area contributed by atoms with Gasteiger partial charge in [0, 0.05) is 18.5 Å². The van der Waals surface area contributed by atoms with Crippen molar-refractivity contribution in [1.29, 1.82) is 0 Å². The number of fused-ring (bicyclic) bond motifs is 1. The number of anilines is 1. The van der Waals surface area contributed by atoms with Crippen molar-refractivity contribution in [3.05, 3.63) is 69.2 Å². The Morgan fingerprint density at radius 3 is 2.74 bits per heavy atom. The lowest BCUT2D eigenvalue weighted by Crippen LogP contribution is -2.40. The molecule has 0 fully saturated rings. The molecular weight excluding hydrogens is 356 g/mol. The number of benzene rings is 1. The molecule has 1 amide bonds. The number of nitrogens with one attached hydrogen (secondary N) is 1. The molecule has 1 N–H and O–H groups in total. The van der Waals surface area contributed by atoms with Crippen LogP contribution in [0.25, 0.3) is 0 Å². The number of aryl methyl sites for hydroxylation is 2. The van der Waals surface area contributed by atoms with E-state index in [1.165, 1.54) is 16.0 Å². The number of aromatic nitrogens is 2. The van der Waals surface area contributed by atoms with Gasteiger partial charge >= 0.3 is 0 Å². The Bertz CT molecular complexity index is 960. The van der Waals surface area contributed by atoms with Gasteiger partial charge < -0.3 is 5.32 Å². The quantitative estimate of drug-likeness (QED) is 0.751. The minimum atomic E-state index is 0.00816. The number of nitrogens with zero attached hydrogens (tertiary/aromatic N) is 3. The standard InChI is InChI=1S/C21H24N4OS/c1-14-20(15(2)24(3)23-14)22-19(26)13-25-11-9-18-17(10-12-27-18)21(25)16-7-5-4-6-8-16/h4-8,10,12,21H,9,11,13H2,1-3H3,(H,22,26)/t21-/m0/s1. The zero-order valence-corrected chi connectivity index (χ0v) is 16.7.